The van der Waals surface area contributed by atoms with E-state index >= 15 is 0 Å². The summed E-state index contributed by atoms with van der Waals surface area (Å²) < 4.78 is 33.4. The van der Waals surface area contributed by atoms with Gasteiger partial charge in [-0.05, 0) is 117 Å². The number of hydrogen-bond acceptors (Lipinski definition) is 12. The Morgan fingerprint density at radius 3 is 2.35 bits per heavy atom. The summed E-state index contributed by atoms with van der Waals surface area (Å²) in [6, 6.07) is 18.8. The molecule has 3 aliphatic heterocycles. The molecule has 3 saturated heterocycles. The fraction of sp³-hybridized carbons (Fsp3) is 0.380. The molecular formula is C50H56F2N10O7. The van der Waals surface area contributed by atoms with Crippen LogP contribution < -0.4 is 36.8 Å². The Balaban J connectivity index is 0.779. The highest BCUT2D eigenvalue weighted by Gasteiger charge is 2.29. The van der Waals surface area contributed by atoms with Crippen LogP contribution in [0.15, 0.2) is 72.8 Å². The van der Waals surface area contributed by atoms with Crippen LogP contribution in [0.4, 0.5) is 31.7 Å². The number of hydrogen-bond donors (Lipinski definition) is 7. The third kappa shape index (κ3) is 12.8. The second-order valence-corrected chi connectivity index (χ2v) is 17.6. The number of benzene rings is 4. The summed E-state index contributed by atoms with van der Waals surface area (Å²) in [5.41, 5.74) is 5.09. The summed E-state index contributed by atoms with van der Waals surface area (Å²) in [6.45, 7) is 5.46. The number of amides is 5. The molecule has 0 bridgehead atoms. The number of aromatic nitrogens is 2. The summed E-state index contributed by atoms with van der Waals surface area (Å²) in [6.07, 6.45) is 5.27. The standard InChI is InChI=1S/C50H56F2N10O7/c51-34-23-32(24-35(52)27-34)22-31-4-9-42-41(25-31)47(60-59-42)58-49(67)40-8-6-38(28-44(40)55-36-12-20-69-21-13-36)62-18-16-61(17-19-62)29-46(65)54-15-3-1-2-14-53-37-5-7-39(33(26-37)30-63)48(66)56-43-10-11-45(64)57-50(43)68/h4-9,23-28,30,36,43,53,55H,1-3,10-22,29H2,(H,54,65)(H,56,66)(H,57,64,68)(H2,58,59,60,67). The molecule has 69 heavy (non-hydrogen) atoms. The van der Waals surface area contributed by atoms with Gasteiger partial charge in [0.2, 0.25) is 17.7 Å². The van der Waals surface area contributed by atoms with Gasteiger partial charge in [-0.2, -0.15) is 5.10 Å². The Kier molecular flexibility index (Phi) is 15.9. The van der Waals surface area contributed by atoms with Gasteiger partial charge in [-0.25, -0.2) is 8.78 Å². The first-order chi connectivity index (χ1) is 33.5. The lowest BCUT2D eigenvalue weighted by atomic mass is 10.0. The number of fused-ring (bicyclic) bond motifs is 1. The van der Waals surface area contributed by atoms with Crippen molar-refractivity contribution in [2.75, 3.05) is 79.9 Å². The van der Waals surface area contributed by atoms with Crippen LogP contribution in [0.1, 0.15) is 87.1 Å². The third-order valence-corrected chi connectivity index (χ3v) is 12.6. The summed E-state index contributed by atoms with van der Waals surface area (Å²) in [4.78, 5) is 79.3. The molecule has 5 amide bonds. The van der Waals surface area contributed by atoms with Crippen molar-refractivity contribution in [3.63, 3.8) is 0 Å². The van der Waals surface area contributed by atoms with Gasteiger partial charge in [-0.1, -0.05) is 6.07 Å². The predicted octanol–water partition coefficient (Wildman–Crippen LogP) is 5.14. The second-order valence-electron chi connectivity index (χ2n) is 17.6. The van der Waals surface area contributed by atoms with Crippen molar-refractivity contribution in [2.45, 2.75) is 63.5 Å². The number of carbonyl (C=O) groups is 6. The Morgan fingerprint density at radius 1 is 0.812 bits per heavy atom. The number of nitrogens with one attached hydrogen (secondary N) is 7. The van der Waals surface area contributed by atoms with E-state index in [1.165, 1.54) is 18.2 Å². The highest BCUT2D eigenvalue weighted by molar-refractivity contribution is 6.11. The van der Waals surface area contributed by atoms with E-state index < -0.39 is 29.5 Å². The Morgan fingerprint density at radius 2 is 1.58 bits per heavy atom. The number of aldehydes is 1. The van der Waals surface area contributed by atoms with E-state index in [0.29, 0.717) is 111 Å². The van der Waals surface area contributed by atoms with Gasteiger partial charge in [-0.3, -0.25) is 44.1 Å². The zero-order valence-electron chi connectivity index (χ0n) is 38.1. The molecule has 0 radical (unpaired) electrons. The molecule has 3 fully saturated rings. The zero-order valence-corrected chi connectivity index (χ0v) is 38.1. The van der Waals surface area contributed by atoms with Crippen molar-refractivity contribution < 1.29 is 42.3 Å². The van der Waals surface area contributed by atoms with Crippen LogP contribution in [0.2, 0.25) is 0 Å². The molecule has 17 nitrogen and oxygen atoms in total. The van der Waals surface area contributed by atoms with Crippen LogP contribution in [0.5, 0.6) is 0 Å². The van der Waals surface area contributed by atoms with Crippen molar-refractivity contribution in [1.29, 1.82) is 0 Å². The molecule has 19 heteroatoms. The number of imide groups is 1. The van der Waals surface area contributed by atoms with E-state index in [-0.39, 0.29) is 47.7 Å². The number of rotatable bonds is 19. The molecule has 1 unspecified atom stereocenters. The van der Waals surface area contributed by atoms with Crippen LogP contribution >= 0.6 is 0 Å². The molecule has 0 saturated carbocycles. The summed E-state index contributed by atoms with van der Waals surface area (Å²) in [5.74, 6) is -2.84. The van der Waals surface area contributed by atoms with Gasteiger partial charge in [0, 0.05) is 105 Å². The fourth-order valence-electron chi connectivity index (χ4n) is 8.85. The highest BCUT2D eigenvalue weighted by atomic mass is 19.1. The van der Waals surface area contributed by atoms with Gasteiger partial charge in [0.15, 0.2) is 12.1 Å². The molecule has 8 rings (SSSR count). The lowest BCUT2D eigenvalue weighted by Crippen LogP contribution is -2.52. The van der Waals surface area contributed by atoms with Gasteiger partial charge in [0.25, 0.3) is 11.8 Å². The lowest BCUT2D eigenvalue weighted by molar-refractivity contribution is -0.134. The molecule has 1 atom stereocenters. The summed E-state index contributed by atoms with van der Waals surface area (Å²) in [5, 5.41) is 25.7. The van der Waals surface area contributed by atoms with E-state index in [1.54, 1.807) is 12.1 Å². The minimum absolute atomic E-state index is 0.0362. The van der Waals surface area contributed by atoms with Crippen molar-refractivity contribution in [3.8, 4) is 0 Å². The monoisotopic (exact) mass is 946 g/mol. The normalized spacial score (nSPS) is 16.7. The molecular weight excluding hydrogens is 891 g/mol. The molecule has 0 aliphatic carbocycles. The summed E-state index contributed by atoms with van der Waals surface area (Å²) >= 11 is 0. The quantitative estimate of drug-likeness (QED) is 0.0325. The van der Waals surface area contributed by atoms with E-state index in [0.717, 1.165) is 49.4 Å². The predicted molar refractivity (Wildman–Crippen MR) is 257 cm³/mol. The van der Waals surface area contributed by atoms with Crippen molar-refractivity contribution in [2.24, 2.45) is 0 Å². The SMILES string of the molecule is O=Cc1cc(NCCCCCNC(=O)CN2CCN(c3ccc(C(=O)Nc4n[nH]c5ccc(Cc6cc(F)cc(F)c6)cc45)c(NC4CCOCC4)c3)CC2)ccc1C(=O)NC1CCC(=O)NC1=O. The van der Waals surface area contributed by atoms with Crippen molar-refractivity contribution in [1.82, 2.24) is 31.0 Å². The molecule has 362 valence electrons. The topological polar surface area (TPSA) is 219 Å². The van der Waals surface area contributed by atoms with E-state index in [1.807, 2.05) is 36.4 Å². The largest absolute Gasteiger partial charge is 0.385 e. The van der Waals surface area contributed by atoms with Crippen molar-refractivity contribution >= 4 is 69.6 Å². The van der Waals surface area contributed by atoms with E-state index in [9.17, 15) is 37.5 Å². The van der Waals surface area contributed by atoms with Crippen LogP contribution in [-0.4, -0.2) is 122 Å². The minimum Gasteiger partial charge on any atom is -0.385 e. The molecule has 0 spiro atoms. The lowest BCUT2D eigenvalue weighted by Gasteiger charge is -2.36. The highest BCUT2D eigenvalue weighted by Crippen LogP contribution is 2.30. The van der Waals surface area contributed by atoms with Crippen LogP contribution in [-0.2, 0) is 25.5 Å². The van der Waals surface area contributed by atoms with Crippen LogP contribution in [0.25, 0.3) is 10.9 Å². The number of unbranched alkanes of at least 4 members (excludes halogenated alkanes) is 2. The number of aromatic amines is 1. The number of anilines is 4. The fourth-order valence-corrected chi connectivity index (χ4v) is 8.85. The Labute approximate surface area is 397 Å². The number of piperidine rings is 1. The third-order valence-electron chi connectivity index (χ3n) is 12.6. The van der Waals surface area contributed by atoms with Crippen molar-refractivity contribution in [3.05, 3.63) is 112 Å². The van der Waals surface area contributed by atoms with E-state index in [2.05, 4.69) is 51.9 Å². The van der Waals surface area contributed by atoms with Crippen LogP contribution in [0, 0.1) is 11.6 Å². The molecule has 5 aromatic rings. The minimum atomic E-state index is -0.844. The Hall–Kier alpha value is -7.25. The molecule has 1 aromatic heterocycles. The maximum Gasteiger partial charge on any atom is 0.258 e. The van der Waals surface area contributed by atoms with Gasteiger partial charge in [0.05, 0.1) is 17.6 Å². The number of nitrogens with zero attached hydrogens (tertiary/aromatic N) is 3. The van der Waals surface area contributed by atoms with Gasteiger partial charge in [-0.15, -0.1) is 0 Å². The van der Waals surface area contributed by atoms with Gasteiger partial charge < -0.3 is 36.2 Å². The molecule has 7 N–H and O–H groups in total. The Bertz CT molecular complexity index is 2680. The van der Waals surface area contributed by atoms with Crippen LogP contribution in [0.3, 0.4) is 0 Å². The molecule has 4 aromatic carbocycles. The number of halogens is 2. The number of ether oxygens (including phenoxy) is 1. The first-order valence-electron chi connectivity index (χ1n) is 23.4. The number of piperazine rings is 1. The van der Waals surface area contributed by atoms with E-state index in [4.69, 9.17) is 4.74 Å². The zero-order chi connectivity index (χ0) is 48.3. The molecule has 3 aliphatic rings. The number of H-pyrrole nitrogens is 1. The van der Waals surface area contributed by atoms with Gasteiger partial charge >= 0.3 is 0 Å². The first-order valence-corrected chi connectivity index (χ1v) is 23.4. The maximum atomic E-state index is 14.0. The average Bonchev–Trinajstić information content (AvgIpc) is 3.73. The number of carbonyl (C=O) groups excluding carboxylic acids is 6. The average molecular weight is 947 g/mol. The maximum absolute atomic E-state index is 14.0. The molecule has 4 heterocycles. The van der Waals surface area contributed by atoms with Gasteiger partial charge in [0.1, 0.15) is 17.7 Å². The first kappa shape index (κ1) is 48.2. The second kappa shape index (κ2) is 22.7. The smallest absolute Gasteiger partial charge is 0.258 e. The summed E-state index contributed by atoms with van der Waals surface area (Å²) in [7, 11) is 0.